The van der Waals surface area contributed by atoms with Gasteiger partial charge in [0.25, 0.3) is 0 Å². The summed E-state index contributed by atoms with van der Waals surface area (Å²) in [6.45, 7) is 11.2. The van der Waals surface area contributed by atoms with Crippen LogP contribution in [-0.4, -0.2) is 53.5 Å². The Bertz CT molecular complexity index is 772. The molecule has 0 saturated heterocycles. The molecule has 1 heterocycles. The van der Waals surface area contributed by atoms with Crippen LogP contribution in [0.2, 0.25) is 0 Å². The van der Waals surface area contributed by atoms with Gasteiger partial charge < -0.3 is 20.1 Å². The number of rotatable bonds is 7. The van der Waals surface area contributed by atoms with Crippen LogP contribution >= 0.6 is 24.0 Å². The molecule has 0 radical (unpaired) electrons. The maximum atomic E-state index is 12.3. The minimum Gasteiger partial charge on any atom is -0.486 e. The first-order valence-corrected chi connectivity index (χ1v) is 12.6. The van der Waals surface area contributed by atoms with Crippen LogP contribution in [0, 0.1) is 0 Å². The fourth-order valence-corrected chi connectivity index (χ4v) is 5.44. The molecule has 2 aliphatic rings. The van der Waals surface area contributed by atoms with Crippen LogP contribution < -0.4 is 20.1 Å². The predicted molar refractivity (Wildman–Crippen MR) is 140 cm³/mol. The number of hydrogen-bond donors (Lipinski definition) is 2. The average Bonchev–Trinajstić information content (AvgIpc) is 2.77. The molecule has 8 heteroatoms. The minimum absolute atomic E-state index is 0. The number of fused-ring (bicyclic) bond motifs is 1. The number of hydrogen-bond acceptors (Lipinski definition) is 4. The molecule has 3 unspecified atom stereocenters. The quantitative estimate of drug-likeness (QED) is 0.298. The number of benzene rings is 1. The van der Waals surface area contributed by atoms with Gasteiger partial charge in [0.05, 0.1) is 6.54 Å². The zero-order valence-corrected chi connectivity index (χ0v) is 22.4. The highest BCUT2D eigenvalue weighted by Gasteiger charge is 2.27. The summed E-state index contributed by atoms with van der Waals surface area (Å²) in [5.74, 6) is 3.22. The lowest BCUT2D eigenvalue weighted by Crippen LogP contribution is -2.47. The number of nitrogens with zero attached hydrogens (tertiary/aromatic N) is 1. The summed E-state index contributed by atoms with van der Waals surface area (Å²) in [4.78, 5) is 4.90. The number of aliphatic imine (C=N–C) groups is 1. The molecule has 0 spiro atoms. The maximum Gasteiger partial charge on any atom is 0.191 e. The summed E-state index contributed by atoms with van der Waals surface area (Å²) >= 11 is 0. The normalized spacial score (nSPS) is 22.3. The van der Waals surface area contributed by atoms with Crippen molar-refractivity contribution in [3.05, 3.63) is 23.8 Å². The minimum atomic E-state index is -0.719. The Morgan fingerprint density at radius 2 is 1.94 bits per heavy atom. The van der Waals surface area contributed by atoms with Crippen LogP contribution in [0.5, 0.6) is 11.5 Å². The van der Waals surface area contributed by atoms with Crippen LogP contribution in [0.1, 0.15) is 58.9 Å². The van der Waals surface area contributed by atoms with Crippen LogP contribution in [0.15, 0.2) is 23.2 Å². The lowest BCUT2D eigenvalue weighted by Gasteiger charge is -2.31. The standard InChI is InChI=1S/C23H37N3O3S.HI/c1-5-24-22(26-18-8-7-9-19(15-18)30(27)6-2)25-16-23(3,4)17-10-11-20-21(14-17)29-13-12-28-20;/h10-11,14,18-19H,5-9,12-13,15-16H2,1-4H3,(H2,24,25,26);1H. The first-order valence-electron chi connectivity index (χ1n) is 11.2. The molecule has 3 rings (SSSR count). The lowest BCUT2D eigenvalue weighted by atomic mass is 9.84. The van der Waals surface area contributed by atoms with Gasteiger partial charge in [-0.05, 0) is 43.9 Å². The second-order valence-corrected chi connectivity index (χ2v) is 10.7. The number of guanidine groups is 1. The average molecular weight is 564 g/mol. The van der Waals surface area contributed by atoms with Gasteiger partial charge in [-0.25, -0.2) is 0 Å². The number of nitrogens with one attached hydrogen (secondary N) is 2. The number of ether oxygens (including phenoxy) is 2. The Morgan fingerprint density at radius 3 is 2.65 bits per heavy atom. The maximum absolute atomic E-state index is 12.3. The molecule has 1 fully saturated rings. The van der Waals surface area contributed by atoms with Gasteiger partial charge in [0.15, 0.2) is 17.5 Å². The molecule has 3 atom stereocenters. The van der Waals surface area contributed by atoms with Crippen LogP contribution in [-0.2, 0) is 16.2 Å². The SMILES string of the molecule is CCNC(=NCC(C)(C)c1ccc2c(c1)OCCO2)NC1CCCC(S(=O)CC)C1.I. The largest absolute Gasteiger partial charge is 0.486 e. The van der Waals surface area contributed by atoms with E-state index in [2.05, 4.69) is 43.5 Å². The molecule has 31 heavy (non-hydrogen) atoms. The van der Waals surface area contributed by atoms with Crippen molar-refractivity contribution in [3.63, 3.8) is 0 Å². The summed E-state index contributed by atoms with van der Waals surface area (Å²) in [5, 5.41) is 7.28. The molecule has 1 saturated carbocycles. The third-order valence-corrected chi connectivity index (χ3v) is 7.66. The summed E-state index contributed by atoms with van der Waals surface area (Å²) in [5.41, 5.74) is 1.04. The van der Waals surface area contributed by atoms with E-state index in [-0.39, 0.29) is 29.4 Å². The lowest BCUT2D eigenvalue weighted by molar-refractivity contribution is 0.171. The van der Waals surface area contributed by atoms with Gasteiger partial charge in [-0.3, -0.25) is 9.20 Å². The van der Waals surface area contributed by atoms with Gasteiger partial charge in [-0.15, -0.1) is 24.0 Å². The van der Waals surface area contributed by atoms with Crippen molar-refractivity contribution in [1.82, 2.24) is 10.6 Å². The molecule has 0 amide bonds. The van der Waals surface area contributed by atoms with E-state index in [4.69, 9.17) is 14.5 Å². The van der Waals surface area contributed by atoms with Crippen molar-refractivity contribution in [2.24, 2.45) is 4.99 Å². The molecule has 176 valence electrons. The van der Waals surface area contributed by atoms with E-state index < -0.39 is 10.8 Å². The Balaban J connectivity index is 0.00000341. The van der Waals surface area contributed by atoms with Crippen LogP contribution in [0.4, 0.5) is 0 Å². The molecule has 0 bridgehead atoms. The predicted octanol–water partition coefficient (Wildman–Crippen LogP) is 3.99. The molecule has 1 aliphatic heterocycles. The molecule has 6 nitrogen and oxygen atoms in total. The van der Waals surface area contributed by atoms with E-state index in [1.807, 2.05) is 13.0 Å². The van der Waals surface area contributed by atoms with Crippen molar-refractivity contribution >= 4 is 40.7 Å². The van der Waals surface area contributed by atoms with E-state index in [0.29, 0.717) is 31.1 Å². The Morgan fingerprint density at radius 1 is 1.19 bits per heavy atom. The highest BCUT2D eigenvalue weighted by Crippen LogP contribution is 2.35. The highest BCUT2D eigenvalue weighted by atomic mass is 127. The van der Waals surface area contributed by atoms with Gasteiger partial charge in [0, 0.05) is 39.8 Å². The molecular weight excluding hydrogens is 525 g/mol. The van der Waals surface area contributed by atoms with Crippen LogP contribution in [0.25, 0.3) is 0 Å². The van der Waals surface area contributed by atoms with Crippen molar-refractivity contribution in [2.75, 3.05) is 32.1 Å². The van der Waals surface area contributed by atoms with Crippen molar-refractivity contribution in [3.8, 4) is 11.5 Å². The molecular formula is C23H38IN3O3S. The molecule has 2 N–H and O–H groups in total. The van der Waals surface area contributed by atoms with Crippen molar-refractivity contribution < 1.29 is 13.7 Å². The number of halogens is 1. The topological polar surface area (TPSA) is 72.0 Å². The smallest absolute Gasteiger partial charge is 0.191 e. The monoisotopic (exact) mass is 563 g/mol. The zero-order chi connectivity index (χ0) is 21.6. The third-order valence-electron chi connectivity index (χ3n) is 5.92. The molecule has 1 aromatic rings. The highest BCUT2D eigenvalue weighted by molar-refractivity contribution is 14.0. The van der Waals surface area contributed by atoms with E-state index in [1.165, 1.54) is 5.56 Å². The van der Waals surface area contributed by atoms with E-state index in [1.54, 1.807) is 0 Å². The molecule has 0 aromatic heterocycles. The van der Waals surface area contributed by atoms with E-state index in [9.17, 15) is 4.21 Å². The van der Waals surface area contributed by atoms with Gasteiger partial charge in [0.2, 0.25) is 0 Å². The van der Waals surface area contributed by atoms with E-state index >= 15 is 0 Å². The van der Waals surface area contributed by atoms with Crippen molar-refractivity contribution in [2.45, 2.75) is 70.1 Å². The summed E-state index contributed by atoms with van der Waals surface area (Å²) in [6, 6.07) is 6.51. The fraction of sp³-hybridized carbons (Fsp3) is 0.696. The summed E-state index contributed by atoms with van der Waals surface area (Å²) in [7, 11) is -0.719. The molecule has 1 aliphatic carbocycles. The Kier molecular flexibility index (Phi) is 10.4. The summed E-state index contributed by atoms with van der Waals surface area (Å²) in [6.07, 6.45) is 4.25. The van der Waals surface area contributed by atoms with Crippen LogP contribution in [0.3, 0.4) is 0 Å². The summed E-state index contributed by atoms with van der Waals surface area (Å²) < 4.78 is 23.7. The third kappa shape index (κ3) is 7.23. The van der Waals surface area contributed by atoms with Crippen molar-refractivity contribution in [1.29, 1.82) is 0 Å². The Hall–Kier alpha value is -1.03. The Labute approximate surface area is 206 Å². The van der Waals surface area contributed by atoms with Gasteiger partial charge in [-0.2, -0.15) is 0 Å². The van der Waals surface area contributed by atoms with Gasteiger partial charge in [0.1, 0.15) is 13.2 Å². The zero-order valence-electron chi connectivity index (χ0n) is 19.2. The van der Waals surface area contributed by atoms with E-state index in [0.717, 1.165) is 55.4 Å². The van der Waals surface area contributed by atoms with Gasteiger partial charge >= 0.3 is 0 Å². The fourth-order valence-electron chi connectivity index (χ4n) is 4.10. The first kappa shape index (κ1) is 26.2. The second kappa shape index (κ2) is 12.3. The second-order valence-electron chi connectivity index (χ2n) is 8.74. The first-order chi connectivity index (χ1) is 14.4. The van der Waals surface area contributed by atoms with Gasteiger partial charge in [-0.1, -0.05) is 33.3 Å². The molecule has 1 aromatic carbocycles.